The second kappa shape index (κ2) is 8.66. The summed E-state index contributed by atoms with van der Waals surface area (Å²) in [5, 5.41) is 0. The molecule has 0 aliphatic rings. The number of sulfonamides is 1. The molecule has 5 nitrogen and oxygen atoms in total. The van der Waals surface area contributed by atoms with E-state index in [1.807, 2.05) is 25.9 Å². The number of ether oxygens (including phenoxy) is 1. The Kier molecular flexibility index (Phi) is 6.81. The van der Waals surface area contributed by atoms with Gasteiger partial charge in [0.25, 0.3) is 0 Å². The Morgan fingerprint density at radius 3 is 2.27 bits per heavy atom. The lowest BCUT2D eigenvalue weighted by Gasteiger charge is -2.25. The van der Waals surface area contributed by atoms with Crippen LogP contribution in [0.25, 0.3) is 0 Å². The van der Waals surface area contributed by atoms with E-state index in [-0.39, 0.29) is 10.9 Å². The van der Waals surface area contributed by atoms with Gasteiger partial charge < -0.3 is 9.64 Å². The second-order valence-electron chi connectivity index (χ2n) is 6.56. The van der Waals surface area contributed by atoms with E-state index in [0.717, 1.165) is 17.5 Å². The average Bonchev–Trinajstić information content (AvgIpc) is 2.62. The van der Waals surface area contributed by atoms with E-state index in [2.05, 4.69) is 35.9 Å². The minimum absolute atomic E-state index is 0.0463. The summed E-state index contributed by atoms with van der Waals surface area (Å²) in [5.41, 5.74) is 3.14. The molecule has 0 heterocycles. The standard InChI is InChI=1S/C20H28N2O3S/c1-6-16-7-9-17(10-8-16)19(22(3)4)14-21-26(23,24)18-11-12-20(25-5)15(2)13-18/h7-13,19,21H,6,14H2,1-5H3. The molecule has 0 bridgehead atoms. The molecule has 0 aromatic heterocycles. The molecule has 0 aliphatic heterocycles. The SMILES string of the molecule is CCc1ccc(C(CNS(=O)(=O)c2ccc(OC)c(C)c2)N(C)C)cc1. The monoisotopic (exact) mass is 376 g/mol. The number of rotatable bonds is 8. The van der Waals surface area contributed by atoms with Gasteiger partial charge in [0.1, 0.15) is 5.75 Å². The van der Waals surface area contributed by atoms with E-state index in [4.69, 9.17) is 4.74 Å². The molecular formula is C20H28N2O3S. The van der Waals surface area contributed by atoms with Crippen LogP contribution >= 0.6 is 0 Å². The van der Waals surface area contributed by atoms with E-state index in [1.165, 1.54) is 5.56 Å². The fourth-order valence-electron chi connectivity index (χ4n) is 2.86. The summed E-state index contributed by atoms with van der Waals surface area (Å²) in [6, 6.07) is 13.1. The Bertz CT molecular complexity index is 831. The van der Waals surface area contributed by atoms with Crippen LogP contribution in [0, 0.1) is 6.92 Å². The van der Waals surface area contributed by atoms with E-state index in [9.17, 15) is 8.42 Å². The van der Waals surface area contributed by atoms with Crippen molar-refractivity contribution in [2.24, 2.45) is 0 Å². The number of hydrogen-bond donors (Lipinski definition) is 1. The van der Waals surface area contributed by atoms with Crippen LogP contribution in [0.4, 0.5) is 0 Å². The van der Waals surface area contributed by atoms with Crippen molar-refractivity contribution >= 4 is 10.0 Å². The van der Waals surface area contributed by atoms with Gasteiger partial charge in [-0.3, -0.25) is 0 Å². The highest BCUT2D eigenvalue weighted by Gasteiger charge is 2.20. The average molecular weight is 377 g/mol. The van der Waals surface area contributed by atoms with Crippen LogP contribution in [0.3, 0.4) is 0 Å². The highest BCUT2D eigenvalue weighted by molar-refractivity contribution is 7.89. The van der Waals surface area contributed by atoms with Gasteiger partial charge in [-0.05, 0) is 62.3 Å². The number of nitrogens with zero attached hydrogens (tertiary/aromatic N) is 1. The summed E-state index contributed by atoms with van der Waals surface area (Å²) in [6.45, 7) is 4.24. The zero-order valence-electron chi connectivity index (χ0n) is 16.1. The zero-order chi connectivity index (χ0) is 19.3. The number of hydrogen-bond acceptors (Lipinski definition) is 4. The molecule has 0 spiro atoms. The van der Waals surface area contributed by atoms with Gasteiger partial charge in [-0.25, -0.2) is 13.1 Å². The van der Waals surface area contributed by atoms with Crippen LogP contribution in [0.2, 0.25) is 0 Å². The lowest BCUT2D eigenvalue weighted by atomic mass is 10.0. The molecule has 0 saturated carbocycles. The minimum atomic E-state index is -3.59. The van der Waals surface area contributed by atoms with Gasteiger partial charge >= 0.3 is 0 Å². The van der Waals surface area contributed by atoms with E-state index in [1.54, 1.807) is 25.3 Å². The van der Waals surface area contributed by atoms with Crippen molar-refractivity contribution in [2.75, 3.05) is 27.7 Å². The maximum absolute atomic E-state index is 12.7. The second-order valence-corrected chi connectivity index (χ2v) is 8.32. The Morgan fingerprint density at radius 2 is 1.77 bits per heavy atom. The normalized spacial score (nSPS) is 13.0. The van der Waals surface area contributed by atoms with Crippen molar-refractivity contribution in [3.05, 3.63) is 59.2 Å². The number of nitrogens with one attached hydrogen (secondary N) is 1. The molecule has 0 aliphatic carbocycles. The highest BCUT2D eigenvalue weighted by Crippen LogP contribution is 2.23. The molecule has 2 aromatic rings. The molecule has 1 N–H and O–H groups in total. The van der Waals surface area contributed by atoms with Crippen molar-refractivity contribution in [2.45, 2.75) is 31.2 Å². The molecule has 26 heavy (non-hydrogen) atoms. The van der Waals surface area contributed by atoms with Crippen LogP contribution in [0.5, 0.6) is 5.75 Å². The third kappa shape index (κ3) is 4.84. The first-order chi connectivity index (χ1) is 12.3. The van der Waals surface area contributed by atoms with Gasteiger partial charge in [-0.15, -0.1) is 0 Å². The number of methoxy groups -OCH3 is 1. The predicted octanol–water partition coefficient (Wildman–Crippen LogP) is 3.15. The van der Waals surface area contributed by atoms with Gasteiger partial charge in [-0.2, -0.15) is 0 Å². The van der Waals surface area contributed by atoms with Crippen molar-refractivity contribution in [3.63, 3.8) is 0 Å². The van der Waals surface area contributed by atoms with Gasteiger partial charge in [0.2, 0.25) is 10.0 Å². The summed E-state index contributed by atoms with van der Waals surface area (Å²) in [4.78, 5) is 2.26. The number of likely N-dealkylation sites (N-methyl/N-ethyl adjacent to an activating group) is 1. The fourth-order valence-corrected chi connectivity index (χ4v) is 3.99. The third-order valence-corrected chi connectivity index (χ3v) is 5.96. The molecule has 2 rings (SSSR count). The van der Waals surface area contributed by atoms with Crippen molar-refractivity contribution in [3.8, 4) is 5.75 Å². The number of aryl methyl sites for hydroxylation is 2. The largest absolute Gasteiger partial charge is 0.496 e. The van der Waals surface area contributed by atoms with Gasteiger partial charge in [0.05, 0.1) is 12.0 Å². The predicted molar refractivity (Wildman–Crippen MR) is 105 cm³/mol. The smallest absolute Gasteiger partial charge is 0.240 e. The molecule has 1 unspecified atom stereocenters. The molecule has 0 fully saturated rings. The molecule has 142 valence electrons. The van der Waals surface area contributed by atoms with Crippen LogP contribution in [0.1, 0.15) is 29.7 Å². The maximum Gasteiger partial charge on any atom is 0.240 e. The molecular weight excluding hydrogens is 348 g/mol. The van der Waals surface area contributed by atoms with E-state index in [0.29, 0.717) is 12.3 Å². The van der Waals surface area contributed by atoms with Crippen LogP contribution < -0.4 is 9.46 Å². The van der Waals surface area contributed by atoms with E-state index >= 15 is 0 Å². The molecule has 0 radical (unpaired) electrons. The van der Waals surface area contributed by atoms with Crippen LogP contribution in [-0.2, 0) is 16.4 Å². The lowest BCUT2D eigenvalue weighted by molar-refractivity contribution is 0.299. The first kappa shape index (κ1) is 20.4. The molecule has 0 amide bonds. The van der Waals surface area contributed by atoms with Crippen LogP contribution in [0.15, 0.2) is 47.4 Å². The van der Waals surface area contributed by atoms with Crippen molar-refractivity contribution in [1.29, 1.82) is 0 Å². The van der Waals surface area contributed by atoms with Gasteiger partial charge in [-0.1, -0.05) is 31.2 Å². The maximum atomic E-state index is 12.7. The summed E-state index contributed by atoms with van der Waals surface area (Å²) in [7, 11) is 1.88. The third-order valence-electron chi connectivity index (χ3n) is 4.54. The van der Waals surface area contributed by atoms with Gasteiger partial charge in [0, 0.05) is 12.6 Å². The number of benzene rings is 2. The quantitative estimate of drug-likeness (QED) is 0.769. The first-order valence-electron chi connectivity index (χ1n) is 8.68. The van der Waals surface area contributed by atoms with Crippen molar-refractivity contribution in [1.82, 2.24) is 9.62 Å². The van der Waals surface area contributed by atoms with Crippen molar-refractivity contribution < 1.29 is 13.2 Å². The highest BCUT2D eigenvalue weighted by atomic mass is 32.2. The summed E-state index contributed by atoms with van der Waals surface area (Å²) in [5.74, 6) is 0.672. The Hall–Kier alpha value is -1.89. The lowest BCUT2D eigenvalue weighted by Crippen LogP contribution is -2.34. The zero-order valence-corrected chi connectivity index (χ0v) is 16.9. The summed E-state index contributed by atoms with van der Waals surface area (Å²) >= 11 is 0. The molecule has 2 aromatic carbocycles. The summed E-state index contributed by atoms with van der Waals surface area (Å²) in [6.07, 6.45) is 0.983. The Labute approximate surface area is 157 Å². The van der Waals surface area contributed by atoms with E-state index < -0.39 is 10.0 Å². The minimum Gasteiger partial charge on any atom is -0.496 e. The molecule has 0 saturated heterocycles. The van der Waals surface area contributed by atoms with Crippen LogP contribution in [-0.4, -0.2) is 41.1 Å². The molecule has 1 atom stereocenters. The topological polar surface area (TPSA) is 58.6 Å². The Morgan fingerprint density at radius 1 is 1.12 bits per heavy atom. The Balaban J connectivity index is 2.17. The van der Waals surface area contributed by atoms with Gasteiger partial charge in [0.15, 0.2) is 0 Å². The fraction of sp³-hybridized carbons (Fsp3) is 0.400. The molecule has 6 heteroatoms. The summed E-state index contributed by atoms with van der Waals surface area (Å²) < 4.78 is 33.3. The first-order valence-corrected chi connectivity index (χ1v) is 10.2.